The molecule has 0 spiro atoms. The molecule has 21 heavy (non-hydrogen) atoms. The fourth-order valence-corrected chi connectivity index (χ4v) is 2.47. The first-order chi connectivity index (χ1) is 9.99. The number of carbonyl (C=O) groups is 1. The summed E-state index contributed by atoms with van der Waals surface area (Å²) in [5.74, 6) is -0.473. The molecule has 2 N–H and O–H groups in total. The molecule has 116 valence electrons. The van der Waals surface area contributed by atoms with Crippen molar-refractivity contribution in [3.05, 3.63) is 29.6 Å². The Labute approximate surface area is 124 Å². The normalized spacial score (nSPS) is 17.0. The summed E-state index contributed by atoms with van der Waals surface area (Å²) in [4.78, 5) is 15.9. The smallest absolute Gasteiger partial charge is 0.236 e. The lowest BCUT2D eigenvalue weighted by Crippen LogP contribution is -2.49. The van der Waals surface area contributed by atoms with Crippen LogP contribution in [0.15, 0.2) is 18.2 Å². The third kappa shape index (κ3) is 3.92. The van der Waals surface area contributed by atoms with Gasteiger partial charge in [-0.15, -0.1) is 0 Å². The molecule has 1 saturated heterocycles. The number of amides is 1. The molecule has 1 aliphatic heterocycles. The molecule has 1 atom stereocenters. The van der Waals surface area contributed by atoms with Crippen molar-refractivity contribution in [1.82, 2.24) is 15.1 Å². The fourth-order valence-electron chi connectivity index (χ4n) is 2.47. The summed E-state index contributed by atoms with van der Waals surface area (Å²) in [7, 11) is 1.83. The summed E-state index contributed by atoms with van der Waals surface area (Å²) < 4.78 is 13.0. The molecule has 6 heteroatoms. The molecule has 2 rings (SSSR count). The standard InChI is InChI=1S/C15H22FN3O2/c1-11(13-4-3-12(16)9-14(13)20)18(2)10-15(21)19-7-5-17-6-8-19/h3-4,9,11,17,20H,5-8,10H2,1-2H3. The summed E-state index contributed by atoms with van der Waals surface area (Å²) in [6, 6.07) is 3.80. The molecule has 0 aromatic heterocycles. The Kier molecular flexibility index (Phi) is 5.14. The van der Waals surface area contributed by atoms with Crippen LogP contribution in [0, 0.1) is 5.82 Å². The Morgan fingerprint density at radius 2 is 2.14 bits per heavy atom. The van der Waals surface area contributed by atoms with Crippen LogP contribution in [0.3, 0.4) is 0 Å². The second-order valence-electron chi connectivity index (χ2n) is 5.43. The number of phenols is 1. The zero-order valence-electron chi connectivity index (χ0n) is 12.5. The van der Waals surface area contributed by atoms with Gasteiger partial charge in [0.25, 0.3) is 0 Å². The number of hydrogen-bond acceptors (Lipinski definition) is 4. The van der Waals surface area contributed by atoms with Gasteiger partial charge in [-0.05, 0) is 20.0 Å². The quantitative estimate of drug-likeness (QED) is 0.868. The summed E-state index contributed by atoms with van der Waals surface area (Å²) in [6.07, 6.45) is 0. The number of carbonyl (C=O) groups excluding carboxylic acids is 1. The molecular weight excluding hydrogens is 273 g/mol. The van der Waals surface area contributed by atoms with Gasteiger partial charge in [0.1, 0.15) is 11.6 Å². The van der Waals surface area contributed by atoms with Gasteiger partial charge in [0.15, 0.2) is 0 Å². The van der Waals surface area contributed by atoms with Crippen molar-refractivity contribution in [3.8, 4) is 5.75 Å². The number of nitrogens with zero attached hydrogens (tertiary/aromatic N) is 2. The molecule has 1 fully saturated rings. The van der Waals surface area contributed by atoms with E-state index in [0.29, 0.717) is 5.56 Å². The number of hydrogen-bond donors (Lipinski definition) is 2. The average molecular weight is 295 g/mol. The molecule has 1 aliphatic rings. The Hall–Kier alpha value is -1.66. The predicted molar refractivity (Wildman–Crippen MR) is 78.6 cm³/mol. The van der Waals surface area contributed by atoms with E-state index in [1.54, 1.807) is 6.07 Å². The maximum Gasteiger partial charge on any atom is 0.236 e. The number of aromatic hydroxyl groups is 1. The molecule has 1 aromatic carbocycles. The van der Waals surface area contributed by atoms with Crippen LogP contribution >= 0.6 is 0 Å². The molecule has 0 bridgehead atoms. The van der Waals surface area contributed by atoms with Gasteiger partial charge >= 0.3 is 0 Å². The van der Waals surface area contributed by atoms with Crippen molar-refractivity contribution in [2.45, 2.75) is 13.0 Å². The highest BCUT2D eigenvalue weighted by Crippen LogP contribution is 2.28. The minimum atomic E-state index is -0.469. The van der Waals surface area contributed by atoms with Crippen molar-refractivity contribution < 1.29 is 14.3 Å². The van der Waals surface area contributed by atoms with E-state index >= 15 is 0 Å². The van der Waals surface area contributed by atoms with Crippen LogP contribution in [0.25, 0.3) is 0 Å². The van der Waals surface area contributed by atoms with Gasteiger partial charge in [-0.25, -0.2) is 4.39 Å². The molecule has 1 amide bonds. The first-order valence-corrected chi connectivity index (χ1v) is 7.16. The van der Waals surface area contributed by atoms with E-state index in [2.05, 4.69) is 5.32 Å². The molecule has 1 unspecified atom stereocenters. The van der Waals surface area contributed by atoms with E-state index in [-0.39, 0.29) is 24.2 Å². The molecule has 1 aromatic rings. The highest BCUT2D eigenvalue weighted by molar-refractivity contribution is 5.78. The lowest BCUT2D eigenvalue weighted by atomic mass is 10.1. The Morgan fingerprint density at radius 1 is 1.48 bits per heavy atom. The molecular formula is C15H22FN3O2. The van der Waals surface area contributed by atoms with Gasteiger partial charge in [0, 0.05) is 43.9 Å². The SMILES string of the molecule is CC(c1ccc(F)cc1O)N(C)CC(=O)N1CCNCC1. The molecule has 0 aliphatic carbocycles. The summed E-state index contributed by atoms with van der Waals surface area (Å²) in [5.41, 5.74) is 0.618. The fraction of sp³-hybridized carbons (Fsp3) is 0.533. The lowest BCUT2D eigenvalue weighted by molar-refractivity contribution is -0.133. The maximum absolute atomic E-state index is 13.0. The largest absolute Gasteiger partial charge is 0.508 e. The van der Waals surface area contributed by atoms with Gasteiger partial charge in [-0.3, -0.25) is 9.69 Å². The number of halogens is 1. The van der Waals surface area contributed by atoms with Crippen molar-refractivity contribution >= 4 is 5.91 Å². The number of benzene rings is 1. The van der Waals surface area contributed by atoms with Gasteiger partial charge in [0.2, 0.25) is 5.91 Å². The highest BCUT2D eigenvalue weighted by atomic mass is 19.1. The van der Waals surface area contributed by atoms with E-state index in [1.165, 1.54) is 6.07 Å². The van der Waals surface area contributed by atoms with Gasteiger partial charge in [0.05, 0.1) is 6.54 Å². The number of rotatable bonds is 4. The van der Waals surface area contributed by atoms with Crippen LogP contribution in [0.5, 0.6) is 5.75 Å². The summed E-state index contributed by atoms with van der Waals surface area (Å²) in [6.45, 7) is 5.26. The van der Waals surface area contributed by atoms with Crippen LogP contribution in [0.1, 0.15) is 18.5 Å². The van der Waals surface area contributed by atoms with Crippen LogP contribution < -0.4 is 5.32 Å². The van der Waals surface area contributed by atoms with Crippen molar-refractivity contribution in [3.63, 3.8) is 0 Å². The van der Waals surface area contributed by atoms with Gasteiger partial charge in [-0.1, -0.05) is 6.07 Å². The molecule has 5 nitrogen and oxygen atoms in total. The van der Waals surface area contributed by atoms with Crippen LogP contribution in [-0.2, 0) is 4.79 Å². The third-order valence-electron chi connectivity index (χ3n) is 3.96. The van der Waals surface area contributed by atoms with Gasteiger partial charge in [-0.2, -0.15) is 0 Å². The zero-order valence-corrected chi connectivity index (χ0v) is 12.5. The van der Waals surface area contributed by atoms with Crippen LogP contribution in [0.2, 0.25) is 0 Å². The van der Waals surface area contributed by atoms with Crippen molar-refractivity contribution in [1.29, 1.82) is 0 Å². The van der Waals surface area contributed by atoms with E-state index < -0.39 is 5.82 Å². The van der Waals surface area contributed by atoms with Crippen LogP contribution in [0.4, 0.5) is 4.39 Å². The molecule has 0 saturated carbocycles. The van der Waals surface area contributed by atoms with E-state index in [1.807, 2.05) is 23.8 Å². The number of likely N-dealkylation sites (N-methyl/N-ethyl adjacent to an activating group) is 1. The zero-order chi connectivity index (χ0) is 15.4. The monoisotopic (exact) mass is 295 g/mol. The summed E-state index contributed by atoms with van der Waals surface area (Å²) in [5, 5.41) is 13.0. The Morgan fingerprint density at radius 3 is 2.76 bits per heavy atom. The Balaban J connectivity index is 1.98. The first-order valence-electron chi connectivity index (χ1n) is 7.16. The first kappa shape index (κ1) is 15.7. The number of phenolic OH excluding ortho intramolecular Hbond substituents is 1. The molecule has 0 radical (unpaired) electrons. The second-order valence-corrected chi connectivity index (χ2v) is 5.43. The van der Waals surface area contributed by atoms with Crippen LogP contribution in [-0.4, -0.2) is 60.6 Å². The maximum atomic E-state index is 13.0. The third-order valence-corrected chi connectivity index (χ3v) is 3.96. The van der Waals surface area contributed by atoms with Gasteiger partial charge < -0.3 is 15.3 Å². The summed E-state index contributed by atoms with van der Waals surface area (Å²) >= 11 is 0. The minimum Gasteiger partial charge on any atom is -0.508 e. The Bertz CT molecular complexity index is 504. The number of nitrogens with one attached hydrogen (secondary N) is 1. The topological polar surface area (TPSA) is 55.8 Å². The number of piperazine rings is 1. The van der Waals surface area contributed by atoms with E-state index in [4.69, 9.17) is 0 Å². The van der Waals surface area contributed by atoms with Crippen molar-refractivity contribution in [2.24, 2.45) is 0 Å². The highest BCUT2D eigenvalue weighted by Gasteiger charge is 2.22. The van der Waals surface area contributed by atoms with E-state index in [0.717, 1.165) is 32.2 Å². The minimum absolute atomic E-state index is 0.0763. The lowest BCUT2D eigenvalue weighted by Gasteiger charge is -2.31. The van der Waals surface area contributed by atoms with Crippen molar-refractivity contribution in [2.75, 3.05) is 39.8 Å². The second kappa shape index (κ2) is 6.87. The van der Waals surface area contributed by atoms with E-state index in [9.17, 15) is 14.3 Å². The predicted octanol–water partition coefficient (Wildman–Crippen LogP) is 0.956. The average Bonchev–Trinajstić information content (AvgIpc) is 2.47. The molecule has 1 heterocycles.